The first-order valence-electron chi connectivity index (χ1n) is 10.3. The third kappa shape index (κ3) is 4.13. The van der Waals surface area contributed by atoms with Crippen molar-refractivity contribution in [3.8, 4) is 0 Å². The molecule has 0 saturated carbocycles. The lowest BCUT2D eigenvalue weighted by molar-refractivity contribution is -0.137. The maximum atomic E-state index is 12.8. The van der Waals surface area contributed by atoms with E-state index in [0.717, 1.165) is 51.3 Å². The molecule has 2 aromatic heterocycles. The van der Waals surface area contributed by atoms with Gasteiger partial charge >= 0.3 is 6.18 Å². The lowest BCUT2D eigenvalue weighted by Crippen LogP contribution is -2.52. The summed E-state index contributed by atoms with van der Waals surface area (Å²) in [6.07, 6.45) is 5.09. The number of rotatable bonds is 4. The first kappa shape index (κ1) is 20.2. The Morgan fingerprint density at radius 1 is 1.07 bits per heavy atom. The monoisotopic (exact) mass is 407 g/mol. The van der Waals surface area contributed by atoms with Gasteiger partial charge in [-0.05, 0) is 58.2 Å². The number of nitrogens with zero attached hydrogens (tertiary/aromatic N) is 5. The van der Waals surface area contributed by atoms with Crippen molar-refractivity contribution in [3.05, 3.63) is 41.9 Å². The van der Waals surface area contributed by atoms with Crippen molar-refractivity contribution >= 4 is 5.82 Å². The Bertz CT molecular complexity index is 820. The molecule has 8 heteroatoms. The van der Waals surface area contributed by atoms with E-state index >= 15 is 0 Å². The molecule has 0 amide bonds. The summed E-state index contributed by atoms with van der Waals surface area (Å²) in [5.74, 6) is 0.635. The molecule has 0 N–H and O–H groups in total. The smallest absolute Gasteiger partial charge is 0.356 e. The van der Waals surface area contributed by atoms with Crippen molar-refractivity contribution in [2.45, 2.75) is 63.8 Å². The van der Waals surface area contributed by atoms with Gasteiger partial charge in [0, 0.05) is 49.2 Å². The molecule has 0 aliphatic carbocycles. The van der Waals surface area contributed by atoms with Crippen molar-refractivity contribution in [2.75, 3.05) is 24.5 Å². The zero-order valence-electron chi connectivity index (χ0n) is 17.0. The molecule has 4 heterocycles. The topological polar surface area (TPSA) is 37.2 Å². The Labute approximate surface area is 169 Å². The third-order valence-electron chi connectivity index (χ3n) is 6.39. The van der Waals surface area contributed by atoms with Crippen LogP contribution < -0.4 is 4.90 Å². The average molecular weight is 407 g/mol. The molecule has 1 spiro atoms. The average Bonchev–Trinajstić information content (AvgIpc) is 3.30. The molecule has 158 valence electrons. The minimum absolute atomic E-state index is 0.183. The van der Waals surface area contributed by atoms with Crippen molar-refractivity contribution in [1.82, 2.24) is 19.7 Å². The fourth-order valence-corrected chi connectivity index (χ4v) is 4.66. The van der Waals surface area contributed by atoms with Gasteiger partial charge in [-0.25, -0.2) is 4.98 Å². The number of aromatic nitrogens is 3. The quantitative estimate of drug-likeness (QED) is 0.747. The van der Waals surface area contributed by atoms with Gasteiger partial charge in [-0.2, -0.15) is 18.3 Å². The molecule has 0 radical (unpaired) electrons. The second-order valence-electron chi connectivity index (χ2n) is 8.56. The molecule has 0 unspecified atom stereocenters. The van der Waals surface area contributed by atoms with Gasteiger partial charge in [-0.3, -0.25) is 9.58 Å². The number of likely N-dealkylation sites (tertiary alicyclic amines) is 1. The van der Waals surface area contributed by atoms with Gasteiger partial charge < -0.3 is 4.90 Å². The van der Waals surface area contributed by atoms with E-state index in [9.17, 15) is 13.2 Å². The summed E-state index contributed by atoms with van der Waals surface area (Å²) < 4.78 is 40.3. The van der Waals surface area contributed by atoms with Gasteiger partial charge in [0.05, 0.1) is 11.8 Å². The second-order valence-corrected chi connectivity index (χ2v) is 8.56. The molecule has 2 aliphatic heterocycles. The van der Waals surface area contributed by atoms with Crippen LogP contribution in [0.1, 0.15) is 56.7 Å². The van der Waals surface area contributed by atoms with Gasteiger partial charge in [0.25, 0.3) is 0 Å². The van der Waals surface area contributed by atoms with E-state index in [2.05, 4.69) is 39.9 Å². The lowest BCUT2D eigenvalue weighted by atomic mass is 9.84. The van der Waals surface area contributed by atoms with E-state index in [0.29, 0.717) is 11.9 Å². The fourth-order valence-electron chi connectivity index (χ4n) is 4.66. The number of anilines is 1. The molecule has 2 aromatic rings. The number of halogens is 3. The van der Waals surface area contributed by atoms with Gasteiger partial charge in [0.15, 0.2) is 0 Å². The maximum absolute atomic E-state index is 12.8. The Morgan fingerprint density at radius 3 is 2.41 bits per heavy atom. The normalized spacial score (nSPS) is 20.1. The highest BCUT2D eigenvalue weighted by Crippen LogP contribution is 2.40. The molecule has 2 saturated heterocycles. The summed E-state index contributed by atoms with van der Waals surface area (Å²) in [6.45, 7) is 7.88. The summed E-state index contributed by atoms with van der Waals surface area (Å²) in [6, 6.07) is 2.98. The van der Waals surface area contributed by atoms with Crippen molar-refractivity contribution in [1.29, 1.82) is 0 Å². The van der Waals surface area contributed by atoms with Crippen molar-refractivity contribution in [2.24, 2.45) is 0 Å². The third-order valence-corrected chi connectivity index (χ3v) is 6.39. The summed E-state index contributed by atoms with van der Waals surface area (Å²) in [5.41, 5.74) is 0.730. The highest BCUT2D eigenvalue weighted by molar-refractivity contribution is 5.40. The first-order valence-corrected chi connectivity index (χ1v) is 10.3. The number of pyridine rings is 1. The predicted octanol–water partition coefficient (Wildman–Crippen LogP) is 4.51. The summed E-state index contributed by atoms with van der Waals surface area (Å²) >= 11 is 0. The highest BCUT2D eigenvalue weighted by Gasteiger charge is 2.43. The molecular formula is C21H28F3N5. The van der Waals surface area contributed by atoms with Crippen LogP contribution in [0.4, 0.5) is 19.0 Å². The molecule has 0 aromatic carbocycles. The van der Waals surface area contributed by atoms with Crippen LogP contribution in [0, 0.1) is 0 Å². The zero-order valence-corrected chi connectivity index (χ0v) is 17.0. The van der Waals surface area contributed by atoms with E-state index in [4.69, 9.17) is 0 Å². The standard InChI is InChI=1S/C21H28F3N5/c1-16(2)29-15-17(12-26-29)14-28-9-3-6-20(28)7-10-27(11-8-20)19-5-4-18(13-25-19)21(22,23)24/h4-5,12-13,15-16H,3,6-11,14H2,1-2H3. The van der Waals surface area contributed by atoms with Crippen LogP contribution in [0.2, 0.25) is 0 Å². The Hall–Kier alpha value is -2.09. The molecule has 4 rings (SSSR count). The number of hydrogen-bond acceptors (Lipinski definition) is 4. The summed E-state index contributed by atoms with van der Waals surface area (Å²) in [4.78, 5) is 8.77. The molecule has 5 nitrogen and oxygen atoms in total. The highest BCUT2D eigenvalue weighted by atomic mass is 19.4. The lowest BCUT2D eigenvalue weighted by Gasteiger charge is -2.45. The van der Waals surface area contributed by atoms with E-state index in [1.165, 1.54) is 24.5 Å². The SMILES string of the molecule is CC(C)n1cc(CN2CCCC23CCN(c2ccc(C(F)(F)F)cn2)CC3)cn1. The molecule has 0 atom stereocenters. The van der Waals surface area contributed by atoms with Crippen LogP contribution in [0.25, 0.3) is 0 Å². The Morgan fingerprint density at radius 2 is 1.83 bits per heavy atom. The Kier molecular flexibility index (Phi) is 5.31. The van der Waals surface area contributed by atoms with E-state index < -0.39 is 11.7 Å². The first-order chi connectivity index (χ1) is 13.8. The van der Waals surface area contributed by atoms with Gasteiger partial charge in [-0.15, -0.1) is 0 Å². The van der Waals surface area contributed by atoms with Crippen LogP contribution in [0.5, 0.6) is 0 Å². The zero-order chi connectivity index (χ0) is 20.6. The van der Waals surface area contributed by atoms with Crippen molar-refractivity contribution < 1.29 is 13.2 Å². The van der Waals surface area contributed by atoms with Crippen LogP contribution >= 0.6 is 0 Å². The minimum Gasteiger partial charge on any atom is -0.356 e. The van der Waals surface area contributed by atoms with Crippen molar-refractivity contribution in [3.63, 3.8) is 0 Å². The summed E-state index contributed by atoms with van der Waals surface area (Å²) in [5, 5.41) is 4.46. The van der Waals surface area contributed by atoms with Crippen LogP contribution in [0.15, 0.2) is 30.7 Å². The van der Waals surface area contributed by atoms with E-state index in [-0.39, 0.29) is 5.54 Å². The number of hydrogen-bond donors (Lipinski definition) is 0. The summed E-state index contributed by atoms with van der Waals surface area (Å²) in [7, 11) is 0. The number of piperidine rings is 1. The molecule has 29 heavy (non-hydrogen) atoms. The van der Waals surface area contributed by atoms with E-state index in [1.54, 1.807) is 0 Å². The second kappa shape index (κ2) is 7.63. The minimum atomic E-state index is -4.34. The Balaban J connectivity index is 1.40. The van der Waals surface area contributed by atoms with Gasteiger partial charge in [-0.1, -0.05) is 0 Å². The van der Waals surface area contributed by atoms with Gasteiger partial charge in [0.1, 0.15) is 5.82 Å². The fraction of sp³-hybridized carbons (Fsp3) is 0.619. The predicted molar refractivity (Wildman–Crippen MR) is 106 cm³/mol. The molecular weight excluding hydrogens is 379 g/mol. The van der Waals surface area contributed by atoms with Crippen LogP contribution in [-0.4, -0.2) is 44.8 Å². The molecule has 2 fully saturated rings. The number of alkyl halides is 3. The van der Waals surface area contributed by atoms with Crippen LogP contribution in [0.3, 0.4) is 0 Å². The van der Waals surface area contributed by atoms with Gasteiger partial charge in [0.2, 0.25) is 0 Å². The largest absolute Gasteiger partial charge is 0.417 e. The molecule has 0 bridgehead atoms. The molecule has 2 aliphatic rings. The maximum Gasteiger partial charge on any atom is 0.417 e. The van der Waals surface area contributed by atoms with E-state index in [1.807, 2.05) is 10.9 Å². The van der Waals surface area contributed by atoms with Crippen LogP contribution in [-0.2, 0) is 12.7 Å².